The standard InChI is InChI=1S/C18H15NO4/c20-16(19-18(22)15-9-5-2-6-10-15)13-23-17(21)12-11-14-7-3-1-4-8-14/h1-12H,13H2,(H,19,20,22)/b12-11+. The fourth-order valence-electron chi connectivity index (χ4n) is 1.74. The molecule has 2 rings (SSSR count). The topological polar surface area (TPSA) is 72.5 Å². The van der Waals surface area contributed by atoms with Crippen molar-refractivity contribution < 1.29 is 19.1 Å². The second-order valence-corrected chi connectivity index (χ2v) is 4.60. The predicted octanol–water partition coefficient (Wildman–Crippen LogP) is 2.20. The minimum absolute atomic E-state index is 0.358. The molecule has 5 heteroatoms. The van der Waals surface area contributed by atoms with Crippen LogP contribution in [0.1, 0.15) is 15.9 Å². The molecule has 0 saturated heterocycles. The van der Waals surface area contributed by atoms with Crippen LogP contribution in [0.5, 0.6) is 0 Å². The molecule has 2 amide bonds. The Bertz CT molecular complexity index is 708. The zero-order chi connectivity index (χ0) is 16.5. The van der Waals surface area contributed by atoms with E-state index in [0.29, 0.717) is 5.56 Å². The Hall–Kier alpha value is -3.21. The lowest BCUT2D eigenvalue weighted by Crippen LogP contribution is -2.33. The quantitative estimate of drug-likeness (QED) is 0.679. The summed E-state index contributed by atoms with van der Waals surface area (Å²) in [4.78, 5) is 34.8. The number of hydrogen-bond donors (Lipinski definition) is 1. The van der Waals surface area contributed by atoms with Crippen molar-refractivity contribution in [2.75, 3.05) is 6.61 Å². The number of esters is 1. The van der Waals surface area contributed by atoms with Gasteiger partial charge in [-0.15, -0.1) is 0 Å². The zero-order valence-corrected chi connectivity index (χ0v) is 12.3. The molecular weight excluding hydrogens is 294 g/mol. The number of imide groups is 1. The molecular formula is C18H15NO4. The summed E-state index contributed by atoms with van der Waals surface area (Å²) in [6, 6.07) is 17.5. The molecule has 0 aliphatic rings. The lowest BCUT2D eigenvalue weighted by atomic mass is 10.2. The second kappa shape index (κ2) is 8.29. The van der Waals surface area contributed by atoms with Crippen LogP contribution in [0.25, 0.3) is 6.08 Å². The Kier molecular flexibility index (Phi) is 5.82. The first-order valence-corrected chi connectivity index (χ1v) is 6.94. The highest BCUT2D eigenvalue weighted by atomic mass is 16.5. The first-order chi connectivity index (χ1) is 11.1. The van der Waals surface area contributed by atoms with E-state index in [0.717, 1.165) is 5.56 Å². The number of amides is 2. The van der Waals surface area contributed by atoms with Crippen LogP contribution in [0.2, 0.25) is 0 Å². The molecule has 0 heterocycles. The van der Waals surface area contributed by atoms with Crippen LogP contribution in [0, 0.1) is 0 Å². The minimum atomic E-state index is -0.680. The molecule has 0 saturated carbocycles. The van der Waals surface area contributed by atoms with Gasteiger partial charge in [-0.2, -0.15) is 0 Å². The van der Waals surface area contributed by atoms with Crippen LogP contribution in [0.4, 0.5) is 0 Å². The smallest absolute Gasteiger partial charge is 0.331 e. The molecule has 2 aromatic rings. The van der Waals surface area contributed by atoms with E-state index in [1.165, 1.54) is 6.08 Å². The number of nitrogens with one attached hydrogen (secondary N) is 1. The summed E-state index contributed by atoms with van der Waals surface area (Å²) < 4.78 is 4.77. The third-order valence-corrected chi connectivity index (χ3v) is 2.85. The predicted molar refractivity (Wildman–Crippen MR) is 85.4 cm³/mol. The van der Waals surface area contributed by atoms with E-state index in [1.807, 2.05) is 30.3 Å². The molecule has 0 bridgehead atoms. The molecule has 0 aliphatic carbocycles. The molecule has 0 aromatic heterocycles. The van der Waals surface area contributed by atoms with Gasteiger partial charge in [-0.25, -0.2) is 4.79 Å². The Morgan fingerprint density at radius 2 is 1.52 bits per heavy atom. The van der Waals surface area contributed by atoms with E-state index in [-0.39, 0.29) is 0 Å². The van der Waals surface area contributed by atoms with E-state index in [4.69, 9.17) is 4.74 Å². The summed E-state index contributed by atoms with van der Waals surface area (Å²) in [5.74, 6) is -1.87. The summed E-state index contributed by atoms with van der Waals surface area (Å²) in [5.41, 5.74) is 1.20. The van der Waals surface area contributed by atoms with Gasteiger partial charge in [0, 0.05) is 11.6 Å². The van der Waals surface area contributed by atoms with Crippen molar-refractivity contribution in [3.05, 3.63) is 77.9 Å². The van der Waals surface area contributed by atoms with E-state index >= 15 is 0 Å². The monoisotopic (exact) mass is 309 g/mol. The molecule has 23 heavy (non-hydrogen) atoms. The number of ether oxygens (including phenoxy) is 1. The number of benzene rings is 2. The van der Waals surface area contributed by atoms with E-state index in [1.54, 1.807) is 36.4 Å². The minimum Gasteiger partial charge on any atom is -0.452 e. The van der Waals surface area contributed by atoms with Crippen LogP contribution < -0.4 is 5.32 Å². The average molecular weight is 309 g/mol. The van der Waals surface area contributed by atoms with Gasteiger partial charge in [0.15, 0.2) is 6.61 Å². The van der Waals surface area contributed by atoms with Crippen LogP contribution >= 0.6 is 0 Å². The van der Waals surface area contributed by atoms with Crippen molar-refractivity contribution in [2.24, 2.45) is 0 Å². The van der Waals surface area contributed by atoms with E-state index < -0.39 is 24.4 Å². The highest BCUT2D eigenvalue weighted by molar-refractivity contribution is 6.05. The zero-order valence-electron chi connectivity index (χ0n) is 12.3. The molecule has 0 spiro atoms. The molecule has 1 N–H and O–H groups in total. The molecule has 0 aliphatic heterocycles. The number of rotatable bonds is 5. The summed E-state index contributed by atoms with van der Waals surface area (Å²) in [6.45, 7) is -0.517. The third kappa shape index (κ3) is 5.59. The van der Waals surface area contributed by atoms with E-state index in [9.17, 15) is 14.4 Å². The summed E-state index contributed by atoms with van der Waals surface area (Å²) in [7, 11) is 0. The van der Waals surface area contributed by atoms with Crippen molar-refractivity contribution in [1.29, 1.82) is 0 Å². The molecule has 0 radical (unpaired) electrons. The lowest BCUT2D eigenvalue weighted by Gasteiger charge is -2.04. The molecule has 0 fully saturated rings. The molecule has 2 aromatic carbocycles. The van der Waals surface area contributed by atoms with Crippen LogP contribution in [-0.2, 0) is 14.3 Å². The van der Waals surface area contributed by atoms with Gasteiger partial charge in [-0.05, 0) is 23.8 Å². The van der Waals surface area contributed by atoms with Gasteiger partial charge in [-0.1, -0.05) is 48.5 Å². The largest absolute Gasteiger partial charge is 0.452 e. The highest BCUT2D eigenvalue weighted by Crippen LogP contribution is 2.01. The maximum atomic E-state index is 11.7. The number of hydrogen-bond acceptors (Lipinski definition) is 4. The van der Waals surface area contributed by atoms with Crippen molar-refractivity contribution in [3.63, 3.8) is 0 Å². The Morgan fingerprint density at radius 1 is 0.913 bits per heavy atom. The maximum absolute atomic E-state index is 11.7. The number of carbonyl (C=O) groups excluding carboxylic acids is 3. The Labute approximate surface area is 133 Å². The molecule has 5 nitrogen and oxygen atoms in total. The number of carbonyl (C=O) groups is 3. The third-order valence-electron chi connectivity index (χ3n) is 2.85. The van der Waals surface area contributed by atoms with Gasteiger partial charge in [0.2, 0.25) is 0 Å². The van der Waals surface area contributed by atoms with Crippen LogP contribution in [-0.4, -0.2) is 24.4 Å². The maximum Gasteiger partial charge on any atom is 0.331 e. The van der Waals surface area contributed by atoms with Crippen LogP contribution in [0.15, 0.2) is 66.7 Å². The van der Waals surface area contributed by atoms with Gasteiger partial charge < -0.3 is 4.74 Å². The van der Waals surface area contributed by atoms with Gasteiger partial charge in [0.1, 0.15) is 0 Å². The van der Waals surface area contributed by atoms with Gasteiger partial charge >= 0.3 is 5.97 Å². The normalized spacial score (nSPS) is 10.3. The molecule has 116 valence electrons. The molecule has 0 atom stereocenters. The molecule has 0 unspecified atom stereocenters. The Morgan fingerprint density at radius 3 is 2.17 bits per heavy atom. The van der Waals surface area contributed by atoms with Gasteiger partial charge in [-0.3, -0.25) is 14.9 Å². The fourth-order valence-corrected chi connectivity index (χ4v) is 1.74. The van der Waals surface area contributed by atoms with E-state index in [2.05, 4.69) is 5.32 Å². The van der Waals surface area contributed by atoms with Gasteiger partial charge in [0.25, 0.3) is 11.8 Å². The van der Waals surface area contributed by atoms with Crippen molar-refractivity contribution in [1.82, 2.24) is 5.32 Å². The summed E-state index contributed by atoms with van der Waals surface area (Å²) >= 11 is 0. The Balaban J connectivity index is 1.77. The summed E-state index contributed by atoms with van der Waals surface area (Å²) in [5, 5.41) is 2.15. The first kappa shape index (κ1) is 16.2. The lowest BCUT2D eigenvalue weighted by molar-refractivity contribution is -0.143. The first-order valence-electron chi connectivity index (χ1n) is 6.94. The summed E-state index contributed by atoms with van der Waals surface area (Å²) in [6.07, 6.45) is 2.80. The van der Waals surface area contributed by atoms with Crippen molar-refractivity contribution in [3.8, 4) is 0 Å². The SMILES string of the molecule is O=C(COC(=O)/C=C/c1ccccc1)NC(=O)c1ccccc1. The highest BCUT2D eigenvalue weighted by Gasteiger charge is 2.11. The van der Waals surface area contributed by atoms with Crippen molar-refractivity contribution in [2.45, 2.75) is 0 Å². The fraction of sp³-hybridized carbons (Fsp3) is 0.0556. The average Bonchev–Trinajstić information content (AvgIpc) is 2.60. The van der Waals surface area contributed by atoms with Crippen LogP contribution in [0.3, 0.4) is 0 Å². The van der Waals surface area contributed by atoms with Gasteiger partial charge in [0.05, 0.1) is 0 Å². The second-order valence-electron chi connectivity index (χ2n) is 4.60. The van der Waals surface area contributed by atoms with Crippen molar-refractivity contribution >= 4 is 23.9 Å².